The molecule has 6 aliphatic rings. The topological polar surface area (TPSA) is 102 Å². The Kier molecular flexibility index (Phi) is 16.6. The van der Waals surface area contributed by atoms with E-state index in [-0.39, 0.29) is 0 Å². The number of benzene rings is 2. The lowest BCUT2D eigenvalue weighted by atomic mass is 10.2. The van der Waals surface area contributed by atoms with Crippen LogP contribution in [0.15, 0.2) is 36.4 Å². The second-order valence-electron chi connectivity index (χ2n) is 14.0. The molecule has 2 saturated heterocycles. The summed E-state index contributed by atoms with van der Waals surface area (Å²) in [6.07, 6.45) is 7.94. The van der Waals surface area contributed by atoms with Gasteiger partial charge >= 0.3 is 11.9 Å². The molecular formula is C40H60N4O8. The van der Waals surface area contributed by atoms with Crippen molar-refractivity contribution in [1.82, 2.24) is 19.6 Å². The quantitative estimate of drug-likeness (QED) is 0.396. The van der Waals surface area contributed by atoms with Crippen LogP contribution in [-0.2, 0) is 9.47 Å². The minimum Gasteiger partial charge on any atom is -0.493 e. The number of rotatable bonds is 2. The summed E-state index contributed by atoms with van der Waals surface area (Å²) in [6, 6.07) is 10.7. The van der Waals surface area contributed by atoms with Crippen LogP contribution in [0.5, 0.6) is 23.0 Å². The maximum atomic E-state index is 12.4. The van der Waals surface area contributed by atoms with Gasteiger partial charge in [-0.2, -0.15) is 0 Å². The zero-order valence-corrected chi connectivity index (χ0v) is 31.5. The van der Waals surface area contributed by atoms with Crippen molar-refractivity contribution in [3.8, 4) is 23.0 Å². The van der Waals surface area contributed by atoms with E-state index < -0.39 is 11.9 Å². The van der Waals surface area contributed by atoms with Gasteiger partial charge in [0.1, 0.15) is 23.0 Å². The Morgan fingerprint density at radius 2 is 0.654 bits per heavy atom. The van der Waals surface area contributed by atoms with Crippen LogP contribution >= 0.6 is 0 Å². The zero-order chi connectivity index (χ0) is 36.4. The van der Waals surface area contributed by atoms with Crippen molar-refractivity contribution in [3.63, 3.8) is 0 Å². The largest absolute Gasteiger partial charge is 0.493 e. The fraction of sp³-hybridized carbons (Fsp3) is 0.650. The van der Waals surface area contributed by atoms with E-state index in [4.69, 9.17) is 28.4 Å². The first kappa shape index (κ1) is 39.6. The summed E-state index contributed by atoms with van der Waals surface area (Å²) in [5.41, 5.74) is 0.885. The Hall–Kier alpha value is -3.58. The molecule has 0 unspecified atom stereocenters. The molecule has 12 nitrogen and oxygen atoms in total. The Morgan fingerprint density at radius 3 is 0.885 bits per heavy atom. The van der Waals surface area contributed by atoms with Crippen LogP contribution in [0, 0.1) is 0 Å². The van der Waals surface area contributed by atoms with Gasteiger partial charge in [-0.05, 0) is 102 Å². The SMILES string of the molecule is COC(=O)c1cc2cc(c1)OCCCCN1CCN(CCCCOc3cc(cc(C(=O)OC)c3)OCCCCN3CCN(CCCCO2)CC3)CC1. The standard InChI is InChI=1S/C40H60N4O8/c1-47-39(45)33-27-35-31-36(28-33)50-24-8-4-12-42-17-21-44(22-18-42)14-6-10-26-52-38-30-34(40(46)48-2)29-37(32-38)51-25-9-5-13-43-19-15-41(16-20-43)11-3-7-23-49-35/h27-32H,3-26H2,1-2H3. The monoisotopic (exact) mass is 724 g/mol. The summed E-state index contributed by atoms with van der Waals surface area (Å²) in [6.45, 7) is 15.1. The van der Waals surface area contributed by atoms with Crippen LogP contribution in [0.2, 0.25) is 0 Å². The summed E-state index contributed by atoms with van der Waals surface area (Å²) in [5, 5.41) is 0. The van der Waals surface area contributed by atoms with Gasteiger partial charge < -0.3 is 48.0 Å². The molecule has 6 heterocycles. The molecule has 0 atom stereocenters. The summed E-state index contributed by atoms with van der Waals surface area (Å²) in [4.78, 5) is 34.8. The normalized spacial score (nSPS) is 24.8. The van der Waals surface area contributed by atoms with Gasteiger partial charge in [0, 0.05) is 64.5 Å². The summed E-state index contributed by atoms with van der Waals surface area (Å²) in [7, 11) is 2.79. The highest BCUT2D eigenvalue weighted by Crippen LogP contribution is 2.26. The van der Waals surface area contributed by atoms with Crippen LogP contribution in [0.3, 0.4) is 0 Å². The van der Waals surface area contributed by atoms with Crippen LogP contribution < -0.4 is 18.9 Å². The average Bonchev–Trinajstić information content (AvgIpc) is 3.17. The first-order valence-corrected chi connectivity index (χ1v) is 19.4. The van der Waals surface area contributed by atoms with E-state index in [1.807, 2.05) is 12.1 Å². The third-order valence-corrected chi connectivity index (χ3v) is 10.1. The van der Waals surface area contributed by atoms with Gasteiger partial charge in [0.05, 0.1) is 51.8 Å². The van der Waals surface area contributed by atoms with Gasteiger partial charge in [-0.1, -0.05) is 0 Å². The fourth-order valence-electron chi connectivity index (χ4n) is 6.93. The number of hydrogen-bond donors (Lipinski definition) is 0. The summed E-state index contributed by atoms with van der Waals surface area (Å²) in [5.74, 6) is 1.76. The van der Waals surface area contributed by atoms with Gasteiger partial charge in [0.2, 0.25) is 0 Å². The van der Waals surface area contributed by atoms with Crippen molar-refractivity contribution >= 4 is 11.9 Å². The van der Waals surface area contributed by atoms with Gasteiger partial charge in [0.15, 0.2) is 0 Å². The summed E-state index contributed by atoms with van der Waals surface area (Å²) < 4.78 is 34.3. The first-order valence-electron chi connectivity index (χ1n) is 19.4. The molecule has 0 radical (unpaired) electrons. The lowest BCUT2D eigenvalue weighted by Crippen LogP contribution is -2.46. The lowest BCUT2D eigenvalue weighted by molar-refractivity contribution is 0.0591. The van der Waals surface area contributed by atoms with Crippen molar-refractivity contribution in [1.29, 1.82) is 0 Å². The predicted octanol–water partition coefficient (Wildman–Crippen LogP) is 4.84. The number of nitrogens with zero attached hydrogens (tertiary/aromatic N) is 4. The van der Waals surface area contributed by atoms with Crippen LogP contribution in [0.25, 0.3) is 0 Å². The molecule has 0 spiro atoms. The van der Waals surface area contributed by atoms with Gasteiger partial charge in [-0.25, -0.2) is 9.59 Å². The Labute approximate surface area is 310 Å². The molecule has 2 aromatic rings. The molecule has 8 bridgehead atoms. The number of hydrogen-bond acceptors (Lipinski definition) is 12. The highest BCUT2D eigenvalue weighted by Gasteiger charge is 2.18. The summed E-state index contributed by atoms with van der Waals surface area (Å²) >= 11 is 0. The van der Waals surface area contributed by atoms with Crippen molar-refractivity contribution in [2.45, 2.75) is 51.4 Å². The third kappa shape index (κ3) is 13.4. The lowest BCUT2D eigenvalue weighted by Gasteiger charge is -2.34. The van der Waals surface area contributed by atoms with E-state index >= 15 is 0 Å². The number of piperazine rings is 2. The van der Waals surface area contributed by atoms with Gasteiger partial charge in [0.25, 0.3) is 0 Å². The molecule has 0 N–H and O–H groups in total. The van der Waals surface area contributed by atoms with E-state index in [0.29, 0.717) is 60.6 Å². The molecule has 6 aliphatic heterocycles. The van der Waals surface area contributed by atoms with E-state index in [1.54, 1.807) is 24.3 Å². The van der Waals surface area contributed by atoms with E-state index in [0.717, 1.165) is 130 Å². The molecule has 0 aromatic heterocycles. The second-order valence-corrected chi connectivity index (χ2v) is 14.0. The van der Waals surface area contributed by atoms with E-state index in [2.05, 4.69) is 19.6 Å². The molecule has 8 rings (SSSR count). The maximum absolute atomic E-state index is 12.4. The average molecular weight is 725 g/mol. The Morgan fingerprint density at radius 1 is 0.404 bits per heavy atom. The first-order chi connectivity index (χ1) is 25.5. The third-order valence-electron chi connectivity index (χ3n) is 10.1. The Balaban J connectivity index is 1.13. The molecule has 0 amide bonds. The van der Waals surface area contributed by atoms with Gasteiger partial charge in [-0.15, -0.1) is 0 Å². The van der Waals surface area contributed by atoms with Crippen LogP contribution in [0.1, 0.15) is 72.1 Å². The molecule has 52 heavy (non-hydrogen) atoms. The van der Waals surface area contributed by atoms with Crippen molar-refractivity contribution < 1.29 is 38.0 Å². The van der Waals surface area contributed by atoms with Crippen LogP contribution in [-0.4, -0.2) is 151 Å². The predicted molar refractivity (Wildman–Crippen MR) is 200 cm³/mol. The number of esters is 2. The molecule has 0 aliphatic carbocycles. The van der Waals surface area contributed by atoms with Gasteiger partial charge in [-0.3, -0.25) is 0 Å². The minimum absolute atomic E-state index is 0.394. The minimum atomic E-state index is -0.394. The molecule has 0 saturated carbocycles. The fourth-order valence-corrected chi connectivity index (χ4v) is 6.93. The second kappa shape index (κ2) is 21.8. The number of carbonyl (C=O) groups excluding carboxylic acids is 2. The number of methoxy groups -OCH3 is 2. The Bertz CT molecular complexity index is 1190. The highest BCUT2D eigenvalue weighted by molar-refractivity contribution is 5.90. The van der Waals surface area contributed by atoms with Crippen LogP contribution in [0.4, 0.5) is 0 Å². The highest BCUT2D eigenvalue weighted by atomic mass is 16.5. The number of ether oxygens (including phenoxy) is 6. The smallest absolute Gasteiger partial charge is 0.338 e. The molecule has 288 valence electrons. The van der Waals surface area contributed by atoms with Crippen molar-refractivity contribution in [3.05, 3.63) is 47.5 Å². The van der Waals surface area contributed by atoms with E-state index in [9.17, 15) is 9.59 Å². The zero-order valence-electron chi connectivity index (χ0n) is 31.5. The molecule has 2 fully saturated rings. The van der Waals surface area contributed by atoms with E-state index in [1.165, 1.54) is 14.2 Å². The molecule has 2 aromatic carbocycles. The molecular weight excluding hydrogens is 664 g/mol. The van der Waals surface area contributed by atoms with Crippen molar-refractivity contribution in [2.24, 2.45) is 0 Å². The maximum Gasteiger partial charge on any atom is 0.338 e. The van der Waals surface area contributed by atoms with Crippen molar-refractivity contribution in [2.75, 3.05) is 119 Å². The number of carbonyl (C=O) groups is 2. The molecule has 12 heteroatoms.